The number of hydrogen-bond donors (Lipinski definition) is 1. The Kier molecular flexibility index (Phi) is 4.77. The number of methoxy groups -OCH3 is 2. The number of benzene rings is 1. The van der Waals surface area contributed by atoms with E-state index < -0.39 is 0 Å². The molecule has 2 atom stereocenters. The third-order valence-electron chi connectivity index (χ3n) is 3.65. The van der Waals surface area contributed by atoms with Gasteiger partial charge in [-0.05, 0) is 31.4 Å². The number of likely N-dealkylation sites (N-methyl/N-ethyl adjacent to an activating group) is 1. The van der Waals surface area contributed by atoms with E-state index >= 15 is 0 Å². The van der Waals surface area contributed by atoms with E-state index in [1.54, 1.807) is 26.4 Å². The molecule has 0 aliphatic heterocycles. The molecular weight excluding hydrogens is 245 g/mol. The van der Waals surface area contributed by atoms with Crippen molar-refractivity contribution in [3.05, 3.63) is 29.6 Å². The zero-order valence-corrected chi connectivity index (χ0v) is 11.8. The highest BCUT2D eigenvalue weighted by atomic mass is 19.1. The summed E-state index contributed by atoms with van der Waals surface area (Å²) in [6.45, 7) is 2.80. The Bertz CT molecular complexity index is 421. The number of ether oxygens (including phenoxy) is 2. The smallest absolute Gasteiger partial charge is 0.131 e. The average Bonchev–Trinajstić information content (AvgIpc) is 3.23. The van der Waals surface area contributed by atoms with Gasteiger partial charge in [0.2, 0.25) is 0 Å². The van der Waals surface area contributed by atoms with Crippen molar-refractivity contribution in [2.75, 3.05) is 20.8 Å². The minimum atomic E-state index is -0.243. The molecule has 1 N–H and O–H groups in total. The van der Waals surface area contributed by atoms with E-state index in [1.807, 2.05) is 6.92 Å². The summed E-state index contributed by atoms with van der Waals surface area (Å²) in [6, 6.07) is 4.91. The maximum atomic E-state index is 14.2. The lowest BCUT2D eigenvalue weighted by atomic mass is 9.97. The highest BCUT2D eigenvalue weighted by Gasteiger charge is 2.38. The average molecular weight is 267 g/mol. The number of halogens is 1. The number of nitrogens with one attached hydrogen (secondary N) is 1. The number of hydrogen-bond acceptors (Lipinski definition) is 3. The third-order valence-corrected chi connectivity index (χ3v) is 3.65. The molecule has 2 rings (SSSR count). The van der Waals surface area contributed by atoms with Gasteiger partial charge < -0.3 is 14.8 Å². The first kappa shape index (κ1) is 14.3. The normalized spacial score (nSPS) is 18.1. The summed E-state index contributed by atoms with van der Waals surface area (Å²) in [5.74, 6) is 0.834. The molecule has 106 valence electrons. The third kappa shape index (κ3) is 3.25. The Labute approximate surface area is 114 Å². The highest BCUT2D eigenvalue weighted by molar-refractivity contribution is 5.31. The van der Waals surface area contributed by atoms with Gasteiger partial charge >= 0.3 is 0 Å². The van der Waals surface area contributed by atoms with Crippen LogP contribution in [-0.2, 0) is 4.74 Å². The van der Waals surface area contributed by atoms with Crippen molar-refractivity contribution in [3.63, 3.8) is 0 Å². The molecule has 1 fully saturated rings. The summed E-state index contributed by atoms with van der Waals surface area (Å²) < 4.78 is 24.9. The van der Waals surface area contributed by atoms with Gasteiger partial charge in [0.05, 0.1) is 19.3 Å². The molecule has 0 aromatic heterocycles. The van der Waals surface area contributed by atoms with Gasteiger partial charge in [0.15, 0.2) is 0 Å². The van der Waals surface area contributed by atoms with Crippen molar-refractivity contribution < 1.29 is 13.9 Å². The van der Waals surface area contributed by atoms with Gasteiger partial charge in [0.1, 0.15) is 11.6 Å². The lowest BCUT2D eigenvalue weighted by Crippen LogP contribution is -2.35. The predicted octanol–water partition coefficient (Wildman–Crippen LogP) is 2.91. The first-order chi connectivity index (χ1) is 9.21. The van der Waals surface area contributed by atoms with Crippen LogP contribution in [0.15, 0.2) is 18.2 Å². The van der Waals surface area contributed by atoms with E-state index in [0.29, 0.717) is 17.2 Å². The molecule has 1 aromatic carbocycles. The van der Waals surface area contributed by atoms with Gasteiger partial charge in [-0.2, -0.15) is 0 Å². The topological polar surface area (TPSA) is 30.5 Å². The van der Waals surface area contributed by atoms with Gasteiger partial charge in [-0.25, -0.2) is 4.39 Å². The molecule has 0 heterocycles. The minimum absolute atomic E-state index is 0.0304. The fourth-order valence-electron chi connectivity index (χ4n) is 2.54. The monoisotopic (exact) mass is 267 g/mol. The lowest BCUT2D eigenvalue weighted by molar-refractivity contribution is 0.0500. The van der Waals surface area contributed by atoms with Crippen LogP contribution in [0.25, 0.3) is 0 Å². The molecule has 1 aromatic rings. The molecule has 2 unspecified atom stereocenters. The van der Waals surface area contributed by atoms with Crippen molar-refractivity contribution >= 4 is 0 Å². The number of rotatable bonds is 7. The van der Waals surface area contributed by atoms with Crippen LogP contribution in [0.3, 0.4) is 0 Å². The lowest BCUT2D eigenvalue weighted by Gasteiger charge is -2.27. The molecule has 0 amide bonds. The van der Waals surface area contributed by atoms with Gasteiger partial charge in [-0.3, -0.25) is 0 Å². The quantitative estimate of drug-likeness (QED) is 0.824. The Morgan fingerprint density at radius 3 is 2.58 bits per heavy atom. The van der Waals surface area contributed by atoms with Crippen LogP contribution in [0.5, 0.6) is 5.75 Å². The zero-order valence-electron chi connectivity index (χ0n) is 11.8. The first-order valence-corrected chi connectivity index (χ1v) is 6.80. The van der Waals surface area contributed by atoms with Crippen LogP contribution in [0.1, 0.15) is 31.4 Å². The molecule has 4 heteroatoms. The Balaban J connectivity index is 2.26. The Morgan fingerprint density at radius 2 is 2.11 bits per heavy atom. The first-order valence-electron chi connectivity index (χ1n) is 6.80. The van der Waals surface area contributed by atoms with Crippen LogP contribution in [0, 0.1) is 11.7 Å². The van der Waals surface area contributed by atoms with Crippen LogP contribution in [0.2, 0.25) is 0 Å². The second-order valence-corrected chi connectivity index (χ2v) is 4.96. The summed E-state index contributed by atoms with van der Waals surface area (Å²) in [6.07, 6.45) is 2.36. The van der Waals surface area contributed by atoms with Crippen LogP contribution >= 0.6 is 0 Å². The molecule has 3 nitrogen and oxygen atoms in total. The minimum Gasteiger partial charge on any atom is -0.497 e. The second kappa shape index (κ2) is 6.35. The van der Waals surface area contributed by atoms with E-state index in [4.69, 9.17) is 9.47 Å². The zero-order chi connectivity index (χ0) is 13.8. The van der Waals surface area contributed by atoms with E-state index in [9.17, 15) is 4.39 Å². The largest absolute Gasteiger partial charge is 0.497 e. The molecule has 1 aliphatic rings. The second-order valence-electron chi connectivity index (χ2n) is 4.96. The maximum absolute atomic E-state index is 14.2. The summed E-state index contributed by atoms with van der Waals surface area (Å²) >= 11 is 0. The summed E-state index contributed by atoms with van der Waals surface area (Å²) in [5, 5.41) is 3.34. The van der Waals surface area contributed by atoms with Gasteiger partial charge in [-0.15, -0.1) is 0 Å². The van der Waals surface area contributed by atoms with Crippen molar-refractivity contribution in [2.24, 2.45) is 5.92 Å². The summed E-state index contributed by atoms with van der Waals surface area (Å²) in [4.78, 5) is 0. The molecule has 1 saturated carbocycles. The molecule has 0 saturated heterocycles. The maximum Gasteiger partial charge on any atom is 0.131 e. The van der Waals surface area contributed by atoms with Crippen molar-refractivity contribution in [2.45, 2.75) is 31.9 Å². The Morgan fingerprint density at radius 1 is 1.37 bits per heavy atom. The van der Waals surface area contributed by atoms with Gasteiger partial charge in [-0.1, -0.05) is 13.0 Å². The summed E-state index contributed by atoms with van der Waals surface area (Å²) in [5.41, 5.74) is 0.654. The van der Waals surface area contributed by atoms with Gasteiger partial charge in [0, 0.05) is 18.7 Å². The van der Waals surface area contributed by atoms with Crippen LogP contribution in [-0.4, -0.2) is 26.9 Å². The highest BCUT2D eigenvalue weighted by Crippen LogP contribution is 2.40. The van der Waals surface area contributed by atoms with Crippen molar-refractivity contribution in [1.82, 2.24) is 5.32 Å². The summed E-state index contributed by atoms with van der Waals surface area (Å²) in [7, 11) is 3.24. The Hall–Kier alpha value is -1.13. The molecular formula is C15H22FNO2. The molecule has 0 radical (unpaired) electrons. The van der Waals surface area contributed by atoms with E-state index in [-0.39, 0.29) is 18.0 Å². The predicted molar refractivity (Wildman–Crippen MR) is 72.9 cm³/mol. The van der Waals surface area contributed by atoms with Gasteiger partial charge in [0.25, 0.3) is 0 Å². The molecule has 0 spiro atoms. The van der Waals surface area contributed by atoms with E-state index in [0.717, 1.165) is 19.4 Å². The van der Waals surface area contributed by atoms with Crippen molar-refractivity contribution in [3.8, 4) is 5.75 Å². The fourth-order valence-corrected chi connectivity index (χ4v) is 2.54. The molecule has 19 heavy (non-hydrogen) atoms. The standard InChI is InChI=1S/C15H22FNO2/c1-4-17-14(15(19-3)10-5-6-10)12-8-7-11(18-2)9-13(12)16/h7-10,14-15,17H,4-6H2,1-3H3. The van der Waals surface area contributed by atoms with Crippen LogP contribution < -0.4 is 10.1 Å². The fraction of sp³-hybridized carbons (Fsp3) is 0.600. The van der Waals surface area contributed by atoms with Crippen LogP contribution in [0.4, 0.5) is 4.39 Å². The molecule has 0 bridgehead atoms. The van der Waals surface area contributed by atoms with E-state index in [2.05, 4.69) is 5.32 Å². The SMILES string of the molecule is CCNC(c1ccc(OC)cc1F)C(OC)C1CC1. The van der Waals surface area contributed by atoms with Crippen molar-refractivity contribution in [1.29, 1.82) is 0 Å². The molecule has 1 aliphatic carbocycles. The van der Waals surface area contributed by atoms with E-state index in [1.165, 1.54) is 6.07 Å².